The van der Waals surface area contributed by atoms with Crippen molar-refractivity contribution in [2.75, 3.05) is 0 Å². The van der Waals surface area contributed by atoms with Crippen LogP contribution in [-0.4, -0.2) is 9.75 Å². The predicted octanol–water partition coefficient (Wildman–Crippen LogP) is 4.35. The molecule has 0 radical (unpaired) electrons. The molecule has 5 heteroatoms. The van der Waals surface area contributed by atoms with Crippen molar-refractivity contribution in [3.63, 3.8) is 0 Å². The minimum Gasteiger partial charge on any atom is -0.258 e. The number of nitro benzene ring substituents is 1. The number of aryl methyl sites for hydroxylation is 1. The molecule has 88 valence electrons. The van der Waals surface area contributed by atoms with Gasteiger partial charge in [0.2, 0.25) is 0 Å². The summed E-state index contributed by atoms with van der Waals surface area (Å²) in [6.07, 6.45) is 2.87. The van der Waals surface area contributed by atoms with Gasteiger partial charge in [0.15, 0.2) is 0 Å². The number of benzene rings is 1. The summed E-state index contributed by atoms with van der Waals surface area (Å²) in [5.41, 5.74) is 1.00. The Balaban J connectivity index is 2.72. The van der Waals surface area contributed by atoms with Crippen molar-refractivity contribution in [1.29, 1.82) is 0 Å². The number of non-ortho nitro benzene ring substituents is 1. The zero-order valence-electron chi connectivity index (χ0n) is 8.95. The van der Waals surface area contributed by atoms with Crippen molar-refractivity contribution in [3.8, 4) is 0 Å². The van der Waals surface area contributed by atoms with E-state index in [9.17, 15) is 10.1 Å². The quantitative estimate of drug-likeness (QED) is 0.461. The van der Waals surface area contributed by atoms with Gasteiger partial charge in [-0.25, -0.2) is 0 Å². The molecule has 0 N–H and O–H groups in total. The van der Waals surface area contributed by atoms with Gasteiger partial charge in [-0.2, -0.15) is 0 Å². The number of rotatable bonds is 5. The molecule has 0 saturated heterocycles. The highest BCUT2D eigenvalue weighted by molar-refractivity contribution is 9.09. The van der Waals surface area contributed by atoms with Crippen LogP contribution in [0.5, 0.6) is 0 Å². The smallest absolute Gasteiger partial charge is 0.258 e. The fraction of sp³-hybridized carbons (Fsp3) is 0.455. The monoisotopic (exact) mass is 305 g/mol. The third-order valence-electron chi connectivity index (χ3n) is 2.42. The molecule has 0 aromatic heterocycles. The van der Waals surface area contributed by atoms with Crippen LogP contribution in [0, 0.1) is 10.1 Å². The lowest BCUT2D eigenvalue weighted by atomic mass is 10.1. The van der Waals surface area contributed by atoms with Crippen molar-refractivity contribution in [3.05, 3.63) is 38.9 Å². The van der Waals surface area contributed by atoms with E-state index >= 15 is 0 Å². The molecule has 0 aliphatic carbocycles. The number of nitrogens with zero attached hydrogens (tertiary/aromatic N) is 1. The highest BCUT2D eigenvalue weighted by atomic mass is 79.9. The summed E-state index contributed by atoms with van der Waals surface area (Å²) >= 11 is 9.53. The van der Waals surface area contributed by atoms with Crippen LogP contribution in [0.4, 0.5) is 5.69 Å². The lowest BCUT2D eigenvalue weighted by Gasteiger charge is -2.07. The summed E-state index contributed by atoms with van der Waals surface area (Å²) in [5, 5.41) is 11.0. The van der Waals surface area contributed by atoms with Crippen LogP contribution in [-0.2, 0) is 6.42 Å². The zero-order valence-corrected chi connectivity index (χ0v) is 11.3. The van der Waals surface area contributed by atoms with E-state index in [2.05, 4.69) is 22.9 Å². The van der Waals surface area contributed by atoms with E-state index in [0.717, 1.165) is 24.8 Å². The molecule has 0 fully saturated rings. The Kier molecular flexibility index (Phi) is 5.22. The van der Waals surface area contributed by atoms with Crippen LogP contribution in [0.2, 0.25) is 5.02 Å². The first-order valence-electron chi connectivity index (χ1n) is 5.11. The lowest BCUT2D eigenvalue weighted by molar-refractivity contribution is -0.384. The van der Waals surface area contributed by atoms with Crippen LogP contribution in [0.3, 0.4) is 0 Å². The van der Waals surface area contributed by atoms with E-state index in [4.69, 9.17) is 11.6 Å². The van der Waals surface area contributed by atoms with Gasteiger partial charge in [0, 0.05) is 17.0 Å². The van der Waals surface area contributed by atoms with Crippen molar-refractivity contribution in [1.82, 2.24) is 0 Å². The van der Waals surface area contributed by atoms with Crippen LogP contribution < -0.4 is 0 Å². The molecule has 1 atom stereocenters. The molecule has 1 aromatic carbocycles. The summed E-state index contributed by atoms with van der Waals surface area (Å²) in [6.45, 7) is 2.11. The first kappa shape index (κ1) is 13.5. The van der Waals surface area contributed by atoms with Crippen LogP contribution in [0.15, 0.2) is 18.2 Å². The van der Waals surface area contributed by atoms with E-state index < -0.39 is 4.92 Å². The third-order valence-corrected chi connectivity index (χ3v) is 3.87. The Morgan fingerprint density at radius 2 is 2.25 bits per heavy atom. The molecule has 0 amide bonds. The van der Waals surface area contributed by atoms with Gasteiger partial charge in [-0.15, -0.1) is 0 Å². The van der Waals surface area contributed by atoms with Crippen LogP contribution in [0.1, 0.15) is 25.3 Å². The SMILES string of the molecule is CCC(Br)CCc1ccc([N+](=O)[O-])cc1Cl. The minimum atomic E-state index is -0.436. The summed E-state index contributed by atoms with van der Waals surface area (Å²) in [6, 6.07) is 4.64. The number of hydrogen-bond donors (Lipinski definition) is 0. The predicted molar refractivity (Wildman–Crippen MR) is 69.4 cm³/mol. The standard InChI is InChI=1S/C11H13BrClNO2/c1-2-9(12)5-3-8-4-6-10(14(15)16)7-11(8)13/h4,6-7,9H,2-3,5H2,1H3. The van der Waals surface area contributed by atoms with Gasteiger partial charge in [0.05, 0.1) is 9.95 Å². The largest absolute Gasteiger partial charge is 0.270 e. The third kappa shape index (κ3) is 3.76. The molecule has 0 bridgehead atoms. The fourth-order valence-corrected chi connectivity index (χ4v) is 1.87. The molecule has 1 rings (SSSR count). The highest BCUT2D eigenvalue weighted by Gasteiger charge is 2.10. The van der Waals surface area contributed by atoms with Crippen molar-refractivity contribution < 1.29 is 4.92 Å². The minimum absolute atomic E-state index is 0.0413. The second-order valence-electron chi connectivity index (χ2n) is 3.58. The van der Waals surface area contributed by atoms with Crippen LogP contribution >= 0.6 is 27.5 Å². The van der Waals surface area contributed by atoms with E-state index in [-0.39, 0.29) is 5.69 Å². The summed E-state index contributed by atoms with van der Waals surface area (Å²) in [5.74, 6) is 0. The maximum atomic E-state index is 10.5. The van der Waals surface area contributed by atoms with Crippen LogP contribution in [0.25, 0.3) is 0 Å². The number of nitro groups is 1. The Bertz CT molecular complexity index is 384. The molecule has 0 heterocycles. The van der Waals surface area contributed by atoms with Crippen molar-refractivity contribution in [2.45, 2.75) is 31.0 Å². The summed E-state index contributed by atoms with van der Waals surface area (Å²) in [7, 11) is 0. The fourth-order valence-electron chi connectivity index (χ4n) is 1.37. The van der Waals surface area contributed by atoms with Gasteiger partial charge in [-0.05, 0) is 24.8 Å². The van der Waals surface area contributed by atoms with Gasteiger partial charge < -0.3 is 0 Å². The first-order valence-corrected chi connectivity index (χ1v) is 6.40. The van der Waals surface area contributed by atoms with Crippen molar-refractivity contribution in [2.24, 2.45) is 0 Å². The molecule has 0 aliphatic rings. The van der Waals surface area contributed by atoms with E-state index in [1.165, 1.54) is 12.1 Å². The maximum absolute atomic E-state index is 10.5. The molecule has 3 nitrogen and oxygen atoms in total. The first-order chi connectivity index (χ1) is 7.54. The molecular weight excluding hydrogens is 293 g/mol. The second-order valence-corrected chi connectivity index (χ2v) is 5.28. The molecule has 0 spiro atoms. The Labute approximate surface area is 108 Å². The lowest BCUT2D eigenvalue weighted by Crippen LogP contribution is -1.99. The maximum Gasteiger partial charge on any atom is 0.270 e. The second kappa shape index (κ2) is 6.21. The summed E-state index contributed by atoms with van der Waals surface area (Å²) < 4.78 is 0. The normalized spacial score (nSPS) is 12.4. The zero-order chi connectivity index (χ0) is 12.1. The van der Waals surface area contributed by atoms with Gasteiger partial charge in [-0.1, -0.05) is 40.5 Å². The van der Waals surface area contributed by atoms with Crippen molar-refractivity contribution >= 4 is 33.2 Å². The van der Waals surface area contributed by atoms with Gasteiger partial charge in [0.25, 0.3) is 5.69 Å². The Morgan fingerprint density at radius 1 is 1.56 bits per heavy atom. The Hall–Kier alpha value is -0.610. The molecule has 0 saturated carbocycles. The molecule has 0 aliphatic heterocycles. The van der Waals surface area contributed by atoms with E-state index in [0.29, 0.717) is 9.85 Å². The van der Waals surface area contributed by atoms with Gasteiger partial charge in [0.1, 0.15) is 0 Å². The van der Waals surface area contributed by atoms with E-state index in [1.807, 2.05) is 0 Å². The highest BCUT2D eigenvalue weighted by Crippen LogP contribution is 2.24. The number of halogens is 2. The summed E-state index contributed by atoms with van der Waals surface area (Å²) in [4.78, 5) is 10.6. The Morgan fingerprint density at radius 3 is 2.75 bits per heavy atom. The van der Waals surface area contributed by atoms with E-state index in [1.54, 1.807) is 6.07 Å². The van der Waals surface area contributed by atoms with Gasteiger partial charge >= 0.3 is 0 Å². The number of alkyl halides is 1. The molecular formula is C11H13BrClNO2. The molecule has 1 unspecified atom stereocenters. The average Bonchev–Trinajstić information content (AvgIpc) is 2.26. The molecule has 1 aromatic rings. The topological polar surface area (TPSA) is 43.1 Å². The number of hydrogen-bond acceptors (Lipinski definition) is 2. The van der Waals surface area contributed by atoms with Gasteiger partial charge in [-0.3, -0.25) is 10.1 Å². The molecule has 16 heavy (non-hydrogen) atoms. The average molecular weight is 307 g/mol.